The van der Waals surface area contributed by atoms with Gasteiger partial charge >= 0.3 is 0 Å². The fraction of sp³-hybridized carbons (Fsp3) is 0.778. The number of halogens is 1. The lowest BCUT2D eigenvalue weighted by Crippen LogP contribution is -2.16. The zero-order valence-corrected chi connectivity index (χ0v) is 10.9. The number of thioether (sulfide) groups is 2. The number of hydrogen-bond acceptors (Lipinski definition) is 5. The SMILES string of the molecule is CC1SCCSC1c1noc(CCCl)n1. The second-order valence-electron chi connectivity index (χ2n) is 3.35. The highest BCUT2D eigenvalue weighted by Gasteiger charge is 2.28. The van der Waals surface area contributed by atoms with E-state index in [1.165, 1.54) is 11.5 Å². The highest BCUT2D eigenvalue weighted by atomic mass is 35.5. The van der Waals surface area contributed by atoms with Gasteiger partial charge in [-0.2, -0.15) is 16.7 Å². The van der Waals surface area contributed by atoms with Crippen LogP contribution in [0.1, 0.15) is 23.9 Å². The number of nitrogens with zero attached hydrogens (tertiary/aromatic N) is 2. The van der Waals surface area contributed by atoms with E-state index < -0.39 is 0 Å². The van der Waals surface area contributed by atoms with Gasteiger partial charge in [0.25, 0.3) is 0 Å². The molecule has 2 atom stereocenters. The highest BCUT2D eigenvalue weighted by molar-refractivity contribution is 8.06. The van der Waals surface area contributed by atoms with E-state index in [4.69, 9.17) is 16.1 Å². The maximum absolute atomic E-state index is 5.62. The average molecular weight is 265 g/mol. The third kappa shape index (κ3) is 2.82. The summed E-state index contributed by atoms with van der Waals surface area (Å²) in [7, 11) is 0. The summed E-state index contributed by atoms with van der Waals surface area (Å²) < 4.78 is 5.14. The molecule has 0 aromatic carbocycles. The van der Waals surface area contributed by atoms with Crippen LogP contribution in [0.5, 0.6) is 0 Å². The standard InChI is InChI=1S/C9H13ClN2OS2/c1-6-8(15-5-4-14-6)9-11-7(2-3-10)13-12-9/h6,8H,2-5H2,1H3. The van der Waals surface area contributed by atoms with Crippen molar-refractivity contribution < 1.29 is 4.52 Å². The Bertz CT molecular complexity index is 321. The molecule has 15 heavy (non-hydrogen) atoms. The van der Waals surface area contributed by atoms with E-state index >= 15 is 0 Å². The first kappa shape index (κ1) is 11.6. The van der Waals surface area contributed by atoms with Crippen LogP contribution >= 0.6 is 35.1 Å². The first-order valence-electron chi connectivity index (χ1n) is 4.93. The van der Waals surface area contributed by atoms with Crippen molar-refractivity contribution in [2.24, 2.45) is 0 Å². The van der Waals surface area contributed by atoms with Crippen LogP contribution in [-0.2, 0) is 6.42 Å². The van der Waals surface area contributed by atoms with Crippen molar-refractivity contribution in [3.63, 3.8) is 0 Å². The molecule has 84 valence electrons. The fourth-order valence-electron chi connectivity index (χ4n) is 1.48. The Hall–Kier alpha value is 0.130. The second kappa shape index (κ2) is 5.46. The number of aryl methyl sites for hydroxylation is 1. The minimum absolute atomic E-state index is 0.372. The van der Waals surface area contributed by atoms with Crippen molar-refractivity contribution in [2.75, 3.05) is 17.4 Å². The van der Waals surface area contributed by atoms with Gasteiger partial charge in [0, 0.05) is 29.1 Å². The Balaban J connectivity index is 2.06. The molecule has 0 aliphatic carbocycles. The largest absolute Gasteiger partial charge is 0.339 e. The second-order valence-corrected chi connectivity index (χ2v) is 6.47. The van der Waals surface area contributed by atoms with Crippen molar-refractivity contribution in [2.45, 2.75) is 23.8 Å². The quantitative estimate of drug-likeness (QED) is 0.785. The monoisotopic (exact) mass is 264 g/mol. The molecule has 1 aliphatic heterocycles. The lowest BCUT2D eigenvalue weighted by Gasteiger charge is -2.24. The zero-order chi connectivity index (χ0) is 10.7. The van der Waals surface area contributed by atoms with Gasteiger partial charge in [-0.3, -0.25) is 0 Å². The predicted molar refractivity (Wildman–Crippen MR) is 65.8 cm³/mol. The summed E-state index contributed by atoms with van der Waals surface area (Å²) in [6.45, 7) is 2.22. The maximum Gasteiger partial charge on any atom is 0.227 e. The molecule has 0 radical (unpaired) electrons. The van der Waals surface area contributed by atoms with Crippen molar-refractivity contribution in [3.05, 3.63) is 11.7 Å². The van der Waals surface area contributed by atoms with Crippen LogP contribution in [0.25, 0.3) is 0 Å². The molecule has 2 rings (SSSR count). The number of aromatic nitrogens is 2. The summed E-state index contributed by atoms with van der Waals surface area (Å²) in [5.74, 6) is 4.40. The smallest absolute Gasteiger partial charge is 0.227 e. The van der Waals surface area contributed by atoms with Crippen LogP contribution in [0.3, 0.4) is 0 Å². The van der Waals surface area contributed by atoms with Crippen molar-refractivity contribution >= 4 is 35.1 Å². The zero-order valence-electron chi connectivity index (χ0n) is 8.48. The summed E-state index contributed by atoms with van der Waals surface area (Å²) in [5, 5.41) is 4.96. The first-order chi connectivity index (χ1) is 7.31. The van der Waals surface area contributed by atoms with E-state index in [2.05, 4.69) is 17.1 Å². The summed E-state index contributed by atoms with van der Waals surface area (Å²) in [4.78, 5) is 4.38. The van der Waals surface area contributed by atoms with Crippen LogP contribution in [0, 0.1) is 0 Å². The lowest BCUT2D eigenvalue weighted by atomic mass is 10.3. The van der Waals surface area contributed by atoms with Crippen LogP contribution in [0.4, 0.5) is 0 Å². The van der Waals surface area contributed by atoms with E-state index in [-0.39, 0.29) is 0 Å². The van der Waals surface area contributed by atoms with Gasteiger partial charge in [0.1, 0.15) is 0 Å². The Morgan fingerprint density at radius 3 is 3.00 bits per heavy atom. The van der Waals surface area contributed by atoms with Crippen LogP contribution in [0.2, 0.25) is 0 Å². The van der Waals surface area contributed by atoms with E-state index in [1.54, 1.807) is 0 Å². The molecule has 1 aliphatic rings. The topological polar surface area (TPSA) is 38.9 Å². The average Bonchev–Trinajstić information content (AvgIpc) is 2.68. The van der Waals surface area contributed by atoms with Gasteiger partial charge in [-0.1, -0.05) is 12.1 Å². The molecule has 1 aromatic rings. The molecule has 0 amide bonds. The molecule has 1 aromatic heterocycles. The molecule has 0 bridgehead atoms. The third-order valence-electron chi connectivity index (χ3n) is 2.23. The Morgan fingerprint density at radius 1 is 1.47 bits per heavy atom. The summed E-state index contributed by atoms with van der Waals surface area (Å²) in [6.07, 6.45) is 0.660. The molecule has 2 heterocycles. The van der Waals surface area contributed by atoms with Gasteiger partial charge in [0.05, 0.1) is 5.25 Å². The Kier molecular flexibility index (Phi) is 4.22. The molecule has 0 saturated carbocycles. The molecule has 1 saturated heterocycles. The molecule has 2 unspecified atom stereocenters. The third-order valence-corrected chi connectivity index (χ3v) is 5.51. The molecule has 1 fully saturated rings. The molecule has 6 heteroatoms. The van der Waals surface area contributed by atoms with Gasteiger partial charge in [-0.15, -0.1) is 23.4 Å². The van der Waals surface area contributed by atoms with Crippen molar-refractivity contribution in [3.8, 4) is 0 Å². The molecular formula is C9H13ClN2OS2. The normalized spacial score (nSPS) is 26.8. The van der Waals surface area contributed by atoms with Crippen LogP contribution in [0.15, 0.2) is 4.52 Å². The minimum Gasteiger partial charge on any atom is -0.339 e. The lowest BCUT2D eigenvalue weighted by molar-refractivity contribution is 0.376. The van der Waals surface area contributed by atoms with Gasteiger partial charge in [0.2, 0.25) is 5.89 Å². The van der Waals surface area contributed by atoms with E-state index in [0.29, 0.717) is 28.7 Å². The minimum atomic E-state index is 0.372. The fourth-order valence-corrected chi connectivity index (χ4v) is 4.32. The van der Waals surface area contributed by atoms with Gasteiger partial charge < -0.3 is 4.52 Å². The molecular weight excluding hydrogens is 252 g/mol. The van der Waals surface area contributed by atoms with Crippen molar-refractivity contribution in [1.29, 1.82) is 0 Å². The van der Waals surface area contributed by atoms with Gasteiger partial charge in [-0.25, -0.2) is 0 Å². The number of rotatable bonds is 3. The number of alkyl halides is 1. The van der Waals surface area contributed by atoms with Crippen LogP contribution < -0.4 is 0 Å². The van der Waals surface area contributed by atoms with Gasteiger partial charge in [-0.05, 0) is 0 Å². The summed E-state index contributed by atoms with van der Waals surface area (Å²) in [5.41, 5.74) is 0. The number of hydrogen-bond donors (Lipinski definition) is 0. The highest BCUT2D eigenvalue weighted by Crippen LogP contribution is 2.41. The van der Waals surface area contributed by atoms with E-state index in [1.807, 2.05) is 23.5 Å². The van der Waals surface area contributed by atoms with Crippen LogP contribution in [-0.4, -0.2) is 32.8 Å². The first-order valence-corrected chi connectivity index (χ1v) is 7.56. The van der Waals surface area contributed by atoms with Crippen molar-refractivity contribution in [1.82, 2.24) is 10.1 Å². The van der Waals surface area contributed by atoms with E-state index in [0.717, 1.165) is 5.82 Å². The van der Waals surface area contributed by atoms with E-state index in [9.17, 15) is 0 Å². The Morgan fingerprint density at radius 2 is 2.27 bits per heavy atom. The molecule has 0 N–H and O–H groups in total. The summed E-state index contributed by atoms with van der Waals surface area (Å²) >= 11 is 9.51. The predicted octanol–water partition coefficient (Wildman–Crippen LogP) is 2.76. The molecule has 3 nitrogen and oxygen atoms in total. The summed E-state index contributed by atoms with van der Waals surface area (Å²) in [6, 6.07) is 0. The maximum atomic E-state index is 5.62. The Labute approximate surface area is 103 Å². The van der Waals surface area contributed by atoms with Gasteiger partial charge in [0.15, 0.2) is 5.82 Å². The molecule has 0 spiro atoms.